The molecule has 1 unspecified atom stereocenters. The summed E-state index contributed by atoms with van der Waals surface area (Å²) >= 11 is 11.9. The lowest BCUT2D eigenvalue weighted by Gasteiger charge is -2.17. The van der Waals surface area contributed by atoms with Crippen molar-refractivity contribution in [3.63, 3.8) is 0 Å². The van der Waals surface area contributed by atoms with Crippen LogP contribution < -0.4 is 16.0 Å². The van der Waals surface area contributed by atoms with E-state index in [1.807, 2.05) is 0 Å². The lowest BCUT2D eigenvalue weighted by molar-refractivity contribution is 0.385. The molecule has 0 aliphatic carbocycles. The number of nitrogens with one attached hydrogen (secondary N) is 1. The van der Waals surface area contributed by atoms with Gasteiger partial charge in [-0.15, -0.1) is 0 Å². The molecule has 0 radical (unpaired) electrons. The van der Waals surface area contributed by atoms with Gasteiger partial charge in [-0.1, -0.05) is 29.3 Å². The number of nitrogens with zero attached hydrogens (tertiary/aromatic N) is 1. The van der Waals surface area contributed by atoms with E-state index >= 15 is 0 Å². The number of rotatable bonds is 4. The summed E-state index contributed by atoms with van der Waals surface area (Å²) in [5, 5.41) is 0.757. The molecule has 1 atom stereocenters. The van der Waals surface area contributed by atoms with Crippen molar-refractivity contribution in [1.29, 1.82) is 0 Å². The Bertz CT molecular complexity index is 625. The van der Waals surface area contributed by atoms with Crippen molar-refractivity contribution in [3.8, 4) is 5.75 Å². The van der Waals surface area contributed by atoms with E-state index in [-0.39, 0.29) is 5.75 Å². The number of pyridine rings is 1. The first kappa shape index (κ1) is 15.0. The molecule has 2 rings (SSSR count). The average molecular weight is 316 g/mol. The number of methoxy groups -OCH3 is 1. The van der Waals surface area contributed by atoms with E-state index in [1.54, 1.807) is 12.1 Å². The molecule has 106 valence electrons. The van der Waals surface area contributed by atoms with Crippen molar-refractivity contribution in [1.82, 2.24) is 10.4 Å². The molecule has 1 aromatic heterocycles. The molecule has 3 N–H and O–H groups in total. The van der Waals surface area contributed by atoms with Crippen molar-refractivity contribution in [2.24, 2.45) is 5.84 Å². The number of hydrogen-bond donors (Lipinski definition) is 2. The summed E-state index contributed by atoms with van der Waals surface area (Å²) in [5.74, 6) is 5.19. The molecule has 0 saturated heterocycles. The fourth-order valence-electron chi connectivity index (χ4n) is 1.83. The highest BCUT2D eigenvalue weighted by Gasteiger charge is 2.19. The molecule has 0 saturated carbocycles. The molecule has 2 aromatic rings. The molecule has 1 heterocycles. The van der Waals surface area contributed by atoms with Crippen LogP contribution in [0.1, 0.15) is 17.3 Å². The fraction of sp³-hybridized carbons (Fsp3) is 0.154. The number of hydrogen-bond acceptors (Lipinski definition) is 4. The Kier molecular flexibility index (Phi) is 4.77. The van der Waals surface area contributed by atoms with Crippen LogP contribution in [0.5, 0.6) is 5.75 Å². The second-order valence-electron chi connectivity index (χ2n) is 4.01. The maximum atomic E-state index is 13.8. The highest BCUT2D eigenvalue weighted by Crippen LogP contribution is 2.29. The third-order valence-corrected chi connectivity index (χ3v) is 3.29. The summed E-state index contributed by atoms with van der Waals surface area (Å²) in [4.78, 5) is 4.14. The molecule has 0 aliphatic rings. The van der Waals surface area contributed by atoms with Crippen LogP contribution in [0.4, 0.5) is 4.39 Å². The Labute approximate surface area is 125 Å². The summed E-state index contributed by atoms with van der Waals surface area (Å²) in [6, 6.07) is 5.50. The molecule has 0 amide bonds. The van der Waals surface area contributed by atoms with E-state index in [4.69, 9.17) is 33.8 Å². The number of halogens is 3. The van der Waals surface area contributed by atoms with Crippen LogP contribution in [0.2, 0.25) is 10.0 Å². The van der Waals surface area contributed by atoms with Crippen molar-refractivity contribution >= 4 is 23.2 Å². The molecule has 0 bridgehead atoms. The van der Waals surface area contributed by atoms with Gasteiger partial charge in [0.05, 0.1) is 28.9 Å². The third kappa shape index (κ3) is 3.02. The zero-order valence-corrected chi connectivity index (χ0v) is 12.0. The predicted molar refractivity (Wildman–Crippen MR) is 76.4 cm³/mol. The first-order valence-corrected chi connectivity index (χ1v) is 6.43. The van der Waals surface area contributed by atoms with Crippen molar-refractivity contribution in [3.05, 3.63) is 57.6 Å². The molecule has 0 fully saturated rings. The molecule has 20 heavy (non-hydrogen) atoms. The number of nitrogens with two attached hydrogens (primary N) is 1. The van der Waals surface area contributed by atoms with Crippen LogP contribution in [-0.4, -0.2) is 12.1 Å². The maximum absolute atomic E-state index is 13.8. The van der Waals surface area contributed by atoms with E-state index < -0.39 is 11.9 Å². The zero-order chi connectivity index (χ0) is 14.7. The Morgan fingerprint density at radius 2 is 2.10 bits per heavy atom. The van der Waals surface area contributed by atoms with E-state index in [0.29, 0.717) is 21.3 Å². The van der Waals surface area contributed by atoms with Gasteiger partial charge in [-0.25, -0.2) is 9.82 Å². The largest absolute Gasteiger partial charge is 0.494 e. The topological polar surface area (TPSA) is 60.2 Å². The van der Waals surface area contributed by atoms with Crippen LogP contribution in [0, 0.1) is 5.82 Å². The standard InChI is InChI=1S/C13H12Cl2FN3O/c1-20-11-3-2-7(4-10(11)16)12(19-17)13-9(15)5-8(14)6-18-13/h2-6,12,19H,17H2,1H3. The normalized spacial score (nSPS) is 12.2. The van der Waals surface area contributed by atoms with E-state index in [0.717, 1.165) is 0 Å². The second-order valence-corrected chi connectivity index (χ2v) is 4.86. The van der Waals surface area contributed by atoms with E-state index in [9.17, 15) is 4.39 Å². The van der Waals surface area contributed by atoms with Gasteiger partial charge < -0.3 is 4.74 Å². The molecule has 7 heteroatoms. The van der Waals surface area contributed by atoms with Crippen LogP contribution >= 0.6 is 23.2 Å². The van der Waals surface area contributed by atoms with E-state index in [1.165, 1.54) is 25.4 Å². The van der Waals surface area contributed by atoms with Gasteiger partial charge in [0.2, 0.25) is 0 Å². The quantitative estimate of drug-likeness (QED) is 0.672. The predicted octanol–water partition coefficient (Wildman–Crippen LogP) is 3.09. The summed E-state index contributed by atoms with van der Waals surface area (Å²) in [6.45, 7) is 0. The molecule has 1 aromatic carbocycles. The van der Waals surface area contributed by atoms with Crippen LogP contribution in [0.3, 0.4) is 0 Å². The van der Waals surface area contributed by atoms with Gasteiger partial charge in [-0.2, -0.15) is 0 Å². The van der Waals surface area contributed by atoms with Gasteiger partial charge in [0.15, 0.2) is 11.6 Å². The number of benzene rings is 1. The van der Waals surface area contributed by atoms with Crippen molar-refractivity contribution < 1.29 is 9.13 Å². The van der Waals surface area contributed by atoms with Gasteiger partial charge in [0, 0.05) is 6.20 Å². The number of aromatic nitrogens is 1. The highest BCUT2D eigenvalue weighted by molar-refractivity contribution is 6.34. The van der Waals surface area contributed by atoms with Crippen molar-refractivity contribution in [2.45, 2.75) is 6.04 Å². The number of ether oxygens (including phenoxy) is 1. The Hall–Kier alpha value is -1.40. The molecular weight excluding hydrogens is 304 g/mol. The third-order valence-electron chi connectivity index (χ3n) is 2.79. The van der Waals surface area contributed by atoms with Crippen LogP contribution in [0.15, 0.2) is 30.5 Å². The maximum Gasteiger partial charge on any atom is 0.165 e. The zero-order valence-electron chi connectivity index (χ0n) is 10.5. The minimum absolute atomic E-state index is 0.152. The van der Waals surface area contributed by atoms with Gasteiger partial charge in [0.1, 0.15) is 0 Å². The van der Waals surface area contributed by atoms with Crippen LogP contribution in [0.25, 0.3) is 0 Å². The fourth-order valence-corrected chi connectivity index (χ4v) is 2.32. The minimum atomic E-state index is -0.555. The average Bonchev–Trinajstić information content (AvgIpc) is 2.42. The van der Waals surface area contributed by atoms with E-state index in [2.05, 4.69) is 10.4 Å². The monoisotopic (exact) mass is 315 g/mol. The molecule has 0 aliphatic heterocycles. The summed E-state index contributed by atoms with van der Waals surface area (Å²) < 4.78 is 18.6. The minimum Gasteiger partial charge on any atom is -0.494 e. The second kappa shape index (κ2) is 6.37. The van der Waals surface area contributed by atoms with Gasteiger partial charge in [-0.3, -0.25) is 10.8 Å². The first-order chi connectivity index (χ1) is 9.56. The van der Waals surface area contributed by atoms with Gasteiger partial charge in [-0.05, 0) is 23.8 Å². The van der Waals surface area contributed by atoms with Crippen molar-refractivity contribution in [2.75, 3.05) is 7.11 Å². The lowest BCUT2D eigenvalue weighted by atomic mass is 10.0. The van der Waals surface area contributed by atoms with Crippen LogP contribution in [-0.2, 0) is 0 Å². The summed E-state index contributed by atoms with van der Waals surface area (Å²) in [7, 11) is 1.40. The molecule has 4 nitrogen and oxygen atoms in total. The van der Waals surface area contributed by atoms with Gasteiger partial charge >= 0.3 is 0 Å². The van der Waals surface area contributed by atoms with Gasteiger partial charge in [0.25, 0.3) is 0 Å². The number of hydrazine groups is 1. The first-order valence-electron chi connectivity index (χ1n) is 5.67. The Balaban J connectivity index is 2.44. The molecule has 0 spiro atoms. The summed E-state index contributed by atoms with van der Waals surface area (Å²) in [5.41, 5.74) is 3.60. The summed E-state index contributed by atoms with van der Waals surface area (Å²) in [6.07, 6.45) is 1.45. The SMILES string of the molecule is COc1ccc(C(NN)c2ncc(Cl)cc2Cl)cc1F. The molecular formula is C13H12Cl2FN3O. The Morgan fingerprint density at radius 3 is 2.65 bits per heavy atom. The highest BCUT2D eigenvalue weighted by atomic mass is 35.5. The smallest absolute Gasteiger partial charge is 0.165 e. The lowest BCUT2D eigenvalue weighted by Crippen LogP contribution is -2.29. The Morgan fingerprint density at radius 1 is 1.35 bits per heavy atom.